The monoisotopic (exact) mass is 313 g/mol. The smallest absolute Gasteiger partial charge is 0.237 e. The summed E-state index contributed by atoms with van der Waals surface area (Å²) in [5, 5.41) is 16.3. The molecule has 0 saturated heterocycles. The summed E-state index contributed by atoms with van der Waals surface area (Å²) in [6.45, 7) is 9.21. The average molecular weight is 313 g/mol. The number of hydrogen-bond acceptors (Lipinski definition) is 8. The van der Waals surface area contributed by atoms with Crippen LogP contribution < -0.4 is 5.32 Å². The molecule has 0 aromatic carbocycles. The van der Waals surface area contributed by atoms with Gasteiger partial charge in [-0.3, -0.25) is 0 Å². The van der Waals surface area contributed by atoms with E-state index >= 15 is 0 Å². The van der Waals surface area contributed by atoms with E-state index < -0.39 is 0 Å². The molecular formula is C12H19N5OS2. The summed E-state index contributed by atoms with van der Waals surface area (Å²) in [6.07, 6.45) is 1.07. The van der Waals surface area contributed by atoms with Crippen molar-refractivity contribution in [2.75, 3.05) is 11.9 Å². The van der Waals surface area contributed by atoms with Gasteiger partial charge in [0.1, 0.15) is 0 Å². The van der Waals surface area contributed by atoms with Crippen LogP contribution in [0.4, 0.5) is 5.13 Å². The minimum Gasteiger partial charge on any atom is -0.360 e. The van der Waals surface area contributed by atoms with Gasteiger partial charge in [-0.1, -0.05) is 56.0 Å². The molecule has 8 heteroatoms. The zero-order chi connectivity index (χ0) is 14.6. The molecule has 1 N–H and O–H groups in total. The third-order valence-corrected chi connectivity index (χ3v) is 4.39. The Balaban J connectivity index is 1.88. The van der Waals surface area contributed by atoms with Crippen LogP contribution in [-0.4, -0.2) is 26.9 Å². The van der Waals surface area contributed by atoms with Crippen molar-refractivity contribution in [3.05, 3.63) is 11.7 Å². The Labute approximate surface area is 126 Å². The molecule has 6 nitrogen and oxygen atoms in total. The molecule has 0 saturated carbocycles. The van der Waals surface area contributed by atoms with E-state index in [1.165, 1.54) is 0 Å². The Morgan fingerprint density at radius 1 is 1.30 bits per heavy atom. The van der Waals surface area contributed by atoms with E-state index in [9.17, 15) is 0 Å². The first-order valence-electron chi connectivity index (χ1n) is 6.52. The molecular weight excluding hydrogens is 294 g/mol. The fraction of sp³-hybridized carbons (Fsp3) is 0.667. The molecule has 2 aromatic rings. The van der Waals surface area contributed by atoms with Crippen LogP contribution in [0.3, 0.4) is 0 Å². The lowest BCUT2D eigenvalue weighted by molar-refractivity contribution is 0.373. The fourth-order valence-corrected chi connectivity index (χ4v) is 2.93. The minimum absolute atomic E-state index is 0.0909. The van der Waals surface area contributed by atoms with E-state index in [0.29, 0.717) is 11.6 Å². The van der Waals surface area contributed by atoms with Gasteiger partial charge in [-0.15, -0.1) is 10.2 Å². The lowest BCUT2D eigenvalue weighted by atomic mass is 9.96. The third kappa shape index (κ3) is 4.17. The Bertz CT molecular complexity index is 546. The summed E-state index contributed by atoms with van der Waals surface area (Å²) in [5.74, 6) is 1.97. The maximum Gasteiger partial charge on any atom is 0.237 e. The molecule has 0 amide bonds. The van der Waals surface area contributed by atoms with Gasteiger partial charge in [-0.25, -0.2) is 0 Å². The topological polar surface area (TPSA) is 76.7 Å². The molecule has 0 aliphatic heterocycles. The number of hydrogen-bond donors (Lipinski definition) is 1. The summed E-state index contributed by atoms with van der Waals surface area (Å²) in [5.41, 5.74) is -0.0909. The van der Waals surface area contributed by atoms with Crippen LogP contribution in [0.15, 0.2) is 8.86 Å². The second-order valence-electron chi connectivity index (χ2n) is 5.35. The van der Waals surface area contributed by atoms with Crippen LogP contribution in [0.5, 0.6) is 0 Å². The number of thioether (sulfide) groups is 1. The van der Waals surface area contributed by atoms with E-state index in [-0.39, 0.29) is 5.41 Å². The summed E-state index contributed by atoms with van der Waals surface area (Å²) in [7, 11) is 0. The fourth-order valence-electron chi connectivity index (χ4n) is 1.31. The molecule has 0 radical (unpaired) electrons. The first kappa shape index (κ1) is 15.2. The summed E-state index contributed by atoms with van der Waals surface area (Å²) in [6, 6.07) is 0. The number of aromatic nitrogens is 4. The van der Waals surface area contributed by atoms with E-state index in [0.717, 1.165) is 28.3 Å². The van der Waals surface area contributed by atoms with Crippen molar-refractivity contribution < 1.29 is 4.52 Å². The highest BCUT2D eigenvalue weighted by molar-refractivity contribution is 8.00. The van der Waals surface area contributed by atoms with Crippen molar-refractivity contribution in [2.45, 2.75) is 49.6 Å². The zero-order valence-corrected chi connectivity index (χ0v) is 13.8. The lowest BCUT2D eigenvalue weighted by Crippen LogP contribution is -2.13. The Morgan fingerprint density at radius 3 is 2.75 bits per heavy atom. The largest absolute Gasteiger partial charge is 0.360 e. The Kier molecular flexibility index (Phi) is 4.98. The summed E-state index contributed by atoms with van der Waals surface area (Å²) < 4.78 is 6.15. The second kappa shape index (κ2) is 6.53. The van der Waals surface area contributed by atoms with E-state index in [2.05, 4.69) is 53.3 Å². The van der Waals surface area contributed by atoms with Gasteiger partial charge < -0.3 is 9.84 Å². The Hall–Kier alpha value is -1.15. The highest BCUT2D eigenvalue weighted by Crippen LogP contribution is 2.28. The molecule has 20 heavy (non-hydrogen) atoms. The third-order valence-electron chi connectivity index (χ3n) is 2.39. The summed E-state index contributed by atoms with van der Waals surface area (Å²) in [4.78, 5) is 4.40. The number of nitrogens with one attached hydrogen (secondary N) is 1. The highest BCUT2D eigenvalue weighted by Gasteiger charge is 2.21. The molecule has 0 spiro atoms. The van der Waals surface area contributed by atoms with Gasteiger partial charge in [0.25, 0.3) is 0 Å². The van der Waals surface area contributed by atoms with Gasteiger partial charge in [0, 0.05) is 12.0 Å². The minimum atomic E-state index is -0.0909. The van der Waals surface area contributed by atoms with Crippen LogP contribution in [0.25, 0.3) is 0 Å². The zero-order valence-electron chi connectivity index (χ0n) is 12.1. The predicted octanol–water partition coefficient (Wildman–Crippen LogP) is 3.33. The van der Waals surface area contributed by atoms with Crippen molar-refractivity contribution in [2.24, 2.45) is 0 Å². The molecule has 0 bridgehead atoms. The van der Waals surface area contributed by atoms with Crippen LogP contribution in [-0.2, 0) is 11.2 Å². The normalized spacial score (nSPS) is 11.8. The average Bonchev–Trinajstić information content (AvgIpc) is 3.02. The van der Waals surface area contributed by atoms with Gasteiger partial charge in [0.05, 0.1) is 5.75 Å². The van der Waals surface area contributed by atoms with Crippen molar-refractivity contribution >= 4 is 28.2 Å². The van der Waals surface area contributed by atoms with Gasteiger partial charge in [-0.05, 0) is 6.42 Å². The van der Waals surface area contributed by atoms with Crippen molar-refractivity contribution in [3.8, 4) is 0 Å². The van der Waals surface area contributed by atoms with Crippen molar-refractivity contribution in [1.29, 1.82) is 0 Å². The van der Waals surface area contributed by atoms with Gasteiger partial charge in [0.15, 0.2) is 10.2 Å². The van der Waals surface area contributed by atoms with Crippen molar-refractivity contribution in [1.82, 2.24) is 20.3 Å². The highest BCUT2D eigenvalue weighted by atomic mass is 32.2. The van der Waals surface area contributed by atoms with Gasteiger partial charge in [0.2, 0.25) is 11.0 Å². The van der Waals surface area contributed by atoms with Gasteiger partial charge >= 0.3 is 0 Å². The van der Waals surface area contributed by atoms with Crippen molar-refractivity contribution in [3.63, 3.8) is 0 Å². The van der Waals surface area contributed by atoms with E-state index in [1.54, 1.807) is 23.1 Å². The lowest BCUT2D eigenvalue weighted by Gasteiger charge is -2.10. The molecule has 2 aromatic heterocycles. The molecule has 110 valence electrons. The first-order chi connectivity index (χ1) is 9.49. The van der Waals surface area contributed by atoms with E-state index in [4.69, 9.17) is 4.52 Å². The standard InChI is InChI=1S/C12H19N5OS2/c1-5-6-13-10-15-16-11(20-10)19-7-8-14-9(17-18-8)12(2,3)4/h5-7H2,1-4H3,(H,13,15). The molecule has 0 aliphatic rings. The molecule has 2 heterocycles. The molecule has 0 aliphatic carbocycles. The SMILES string of the molecule is CCCNc1nnc(SCc2nc(C(C)(C)C)no2)s1. The molecule has 0 fully saturated rings. The maximum atomic E-state index is 5.24. The second-order valence-corrected chi connectivity index (χ2v) is 7.55. The number of rotatable bonds is 6. The van der Waals surface area contributed by atoms with Crippen LogP contribution in [0.2, 0.25) is 0 Å². The molecule has 2 rings (SSSR count). The maximum absolute atomic E-state index is 5.24. The predicted molar refractivity (Wildman–Crippen MR) is 81.2 cm³/mol. The van der Waals surface area contributed by atoms with Crippen LogP contribution in [0.1, 0.15) is 45.8 Å². The number of nitrogens with zero attached hydrogens (tertiary/aromatic N) is 4. The summed E-state index contributed by atoms with van der Waals surface area (Å²) >= 11 is 3.10. The van der Waals surface area contributed by atoms with E-state index in [1.807, 2.05) is 0 Å². The quantitative estimate of drug-likeness (QED) is 0.819. The first-order valence-corrected chi connectivity index (χ1v) is 8.32. The Morgan fingerprint density at radius 2 is 2.10 bits per heavy atom. The number of anilines is 1. The molecule has 0 unspecified atom stereocenters. The van der Waals surface area contributed by atoms with Crippen LogP contribution in [0, 0.1) is 0 Å². The van der Waals surface area contributed by atoms with Gasteiger partial charge in [-0.2, -0.15) is 4.98 Å². The van der Waals surface area contributed by atoms with Crippen LogP contribution >= 0.6 is 23.1 Å². The molecule has 0 atom stereocenters.